The van der Waals surface area contributed by atoms with Crippen LogP contribution in [0.2, 0.25) is 5.04 Å². The Balaban J connectivity index is 1.25. The summed E-state index contributed by atoms with van der Waals surface area (Å²) in [7, 11) is -2.45. The summed E-state index contributed by atoms with van der Waals surface area (Å²) in [6.45, 7) is 7.91. The first-order chi connectivity index (χ1) is 19.9. The van der Waals surface area contributed by atoms with Gasteiger partial charge in [-0.2, -0.15) is 0 Å². The molecule has 0 amide bonds. The molecule has 0 radical (unpaired) electrons. The van der Waals surface area contributed by atoms with Gasteiger partial charge in [0.2, 0.25) is 0 Å². The first kappa shape index (κ1) is 30.2. The highest BCUT2D eigenvalue weighted by Crippen LogP contribution is 2.53. The van der Waals surface area contributed by atoms with Crippen LogP contribution in [0.5, 0.6) is 0 Å². The predicted molar refractivity (Wildman–Crippen MR) is 185 cm³/mol. The van der Waals surface area contributed by atoms with E-state index in [0.29, 0.717) is 0 Å². The van der Waals surface area contributed by atoms with Gasteiger partial charge in [0.1, 0.15) is 0 Å². The molecule has 0 unspecified atom stereocenters. The van der Waals surface area contributed by atoms with Gasteiger partial charge in [-0.15, -0.1) is 23.5 Å². The van der Waals surface area contributed by atoms with Gasteiger partial charge in [-0.1, -0.05) is 149 Å². The topological polar surface area (TPSA) is 9.23 Å². The monoisotopic (exact) mass is 596 g/mol. The van der Waals surface area contributed by atoms with Crippen molar-refractivity contribution in [3.05, 3.63) is 121 Å². The molecule has 4 aromatic carbocycles. The third kappa shape index (κ3) is 6.88. The van der Waals surface area contributed by atoms with Gasteiger partial charge < -0.3 is 4.43 Å². The number of hydrogen-bond donors (Lipinski definition) is 0. The third-order valence-electron chi connectivity index (χ3n) is 8.28. The summed E-state index contributed by atoms with van der Waals surface area (Å²) in [5.74, 6) is 2.51. The highest BCUT2D eigenvalue weighted by atomic mass is 32.2. The van der Waals surface area contributed by atoms with Crippen molar-refractivity contribution in [1.82, 2.24) is 0 Å². The fraction of sp³-hybridized carbons (Fsp3) is 0.351. The van der Waals surface area contributed by atoms with E-state index < -0.39 is 8.32 Å². The van der Waals surface area contributed by atoms with Gasteiger partial charge in [-0.3, -0.25) is 0 Å². The van der Waals surface area contributed by atoms with Gasteiger partial charge in [-0.25, -0.2) is 0 Å². The average molecular weight is 597 g/mol. The molecule has 0 aliphatic carbocycles. The number of unbranched alkanes of at least 4 members (excludes halogenated alkanes) is 2. The molecule has 1 saturated heterocycles. The Morgan fingerprint density at radius 3 is 1.68 bits per heavy atom. The van der Waals surface area contributed by atoms with Crippen molar-refractivity contribution in [2.75, 3.05) is 18.1 Å². The van der Waals surface area contributed by atoms with Crippen LogP contribution in [0.4, 0.5) is 0 Å². The van der Waals surface area contributed by atoms with Crippen LogP contribution in [-0.2, 0) is 8.51 Å². The summed E-state index contributed by atoms with van der Waals surface area (Å²) in [6, 6.07) is 42.2. The van der Waals surface area contributed by atoms with Gasteiger partial charge in [0, 0.05) is 6.61 Å². The Hall–Kier alpha value is -2.24. The molecule has 5 rings (SSSR count). The molecule has 41 heavy (non-hydrogen) atoms. The summed E-state index contributed by atoms with van der Waals surface area (Å²) in [5, 5.41) is 2.76. The lowest BCUT2D eigenvalue weighted by Crippen LogP contribution is -2.66. The molecule has 4 aromatic rings. The summed E-state index contributed by atoms with van der Waals surface area (Å²) in [4.78, 5) is 0. The molecule has 0 N–H and O–H groups in total. The normalized spacial score (nSPS) is 15.5. The quantitative estimate of drug-likeness (QED) is 0.126. The number of thioether (sulfide) groups is 2. The lowest BCUT2D eigenvalue weighted by atomic mass is 10.0. The van der Waals surface area contributed by atoms with E-state index in [4.69, 9.17) is 4.43 Å². The van der Waals surface area contributed by atoms with Crippen molar-refractivity contribution < 1.29 is 4.43 Å². The van der Waals surface area contributed by atoms with Crippen molar-refractivity contribution in [3.63, 3.8) is 0 Å². The minimum Gasteiger partial charge on any atom is -0.407 e. The van der Waals surface area contributed by atoms with Crippen molar-refractivity contribution in [3.8, 4) is 11.1 Å². The van der Waals surface area contributed by atoms with Crippen LogP contribution < -0.4 is 10.4 Å². The van der Waals surface area contributed by atoms with Crippen LogP contribution in [0.25, 0.3) is 11.1 Å². The zero-order valence-corrected chi connectivity index (χ0v) is 27.5. The number of rotatable bonds is 11. The molecule has 1 nitrogen and oxygen atoms in total. The zero-order chi connectivity index (χ0) is 28.6. The maximum absolute atomic E-state index is 7.15. The van der Waals surface area contributed by atoms with E-state index in [1.165, 1.54) is 64.3 Å². The van der Waals surface area contributed by atoms with Gasteiger partial charge in [0.15, 0.2) is 0 Å². The molecular formula is C37H44OS2Si. The van der Waals surface area contributed by atoms with Crippen molar-refractivity contribution in [2.45, 2.75) is 62.0 Å². The van der Waals surface area contributed by atoms with Crippen molar-refractivity contribution in [2.24, 2.45) is 0 Å². The Morgan fingerprint density at radius 1 is 0.634 bits per heavy atom. The van der Waals surface area contributed by atoms with E-state index in [1.54, 1.807) is 0 Å². The molecule has 1 heterocycles. The Labute approximate surface area is 257 Å². The second-order valence-corrected chi connectivity index (χ2v) is 19.4. The largest absolute Gasteiger partial charge is 0.407 e. The zero-order valence-electron chi connectivity index (χ0n) is 24.9. The van der Waals surface area contributed by atoms with Crippen molar-refractivity contribution in [1.29, 1.82) is 0 Å². The maximum atomic E-state index is 7.15. The summed E-state index contributed by atoms with van der Waals surface area (Å²) >= 11 is 4.34. The molecule has 0 saturated carbocycles. The standard InChI is InChI=1S/C37H44OS2Si/c1-36(2,3)41(34-19-10-5-11-20-34,35-21-12-6-13-22-35)38-28-15-7-14-27-37(39-29-16-30-40-37)33-25-23-32(24-26-33)31-17-8-4-9-18-31/h4-6,8-13,17-26H,7,14-16,27-30H2,1-3H3. The molecule has 0 atom stereocenters. The van der Waals surface area contributed by atoms with E-state index >= 15 is 0 Å². The lowest BCUT2D eigenvalue weighted by Gasteiger charge is -2.43. The van der Waals surface area contributed by atoms with Gasteiger partial charge in [0.25, 0.3) is 8.32 Å². The average Bonchev–Trinajstić information content (AvgIpc) is 3.02. The summed E-state index contributed by atoms with van der Waals surface area (Å²) < 4.78 is 7.32. The minimum atomic E-state index is -2.45. The van der Waals surface area contributed by atoms with Gasteiger partial charge in [0.05, 0.1) is 4.08 Å². The molecule has 1 fully saturated rings. The van der Waals surface area contributed by atoms with Crippen molar-refractivity contribution >= 4 is 42.2 Å². The molecular weight excluding hydrogens is 553 g/mol. The minimum absolute atomic E-state index is 0.0288. The molecule has 1 aliphatic heterocycles. The molecule has 0 bridgehead atoms. The molecule has 1 aliphatic rings. The van der Waals surface area contributed by atoms with Gasteiger partial charge in [-0.05, 0) is 62.9 Å². The highest BCUT2D eigenvalue weighted by Gasteiger charge is 2.50. The van der Waals surface area contributed by atoms with Crippen LogP contribution >= 0.6 is 23.5 Å². The summed E-state index contributed by atoms with van der Waals surface area (Å²) in [6.07, 6.45) is 6.05. The molecule has 0 aromatic heterocycles. The van der Waals surface area contributed by atoms with Gasteiger partial charge >= 0.3 is 0 Å². The van der Waals surface area contributed by atoms with E-state index in [1.807, 2.05) is 0 Å². The first-order valence-corrected chi connectivity index (χ1v) is 19.0. The molecule has 0 spiro atoms. The molecule has 214 valence electrons. The number of benzene rings is 4. The molecule has 4 heteroatoms. The van der Waals surface area contributed by atoms with E-state index in [0.717, 1.165) is 13.0 Å². The van der Waals surface area contributed by atoms with Crippen LogP contribution in [0.3, 0.4) is 0 Å². The van der Waals surface area contributed by atoms with Crippen LogP contribution in [0.15, 0.2) is 115 Å². The third-order valence-corrected chi connectivity index (χ3v) is 16.8. The smallest absolute Gasteiger partial charge is 0.261 e. The van der Waals surface area contributed by atoms with Crippen LogP contribution in [0.1, 0.15) is 58.4 Å². The number of hydrogen-bond acceptors (Lipinski definition) is 3. The second kappa shape index (κ2) is 13.8. The summed E-state index contributed by atoms with van der Waals surface area (Å²) in [5.41, 5.74) is 4.07. The Kier molecular flexibility index (Phi) is 10.2. The fourth-order valence-corrected chi connectivity index (χ4v) is 14.2. The van der Waals surface area contributed by atoms with Crippen LogP contribution in [0, 0.1) is 0 Å². The fourth-order valence-electron chi connectivity index (χ4n) is 6.20. The lowest BCUT2D eigenvalue weighted by molar-refractivity contribution is 0.286. The SMILES string of the molecule is CC(C)(C)[Si](OCCCCCC1(c2ccc(-c3ccccc3)cc2)SCCCS1)(c1ccccc1)c1ccccc1. The van der Waals surface area contributed by atoms with E-state index in [-0.39, 0.29) is 9.12 Å². The van der Waals surface area contributed by atoms with Crippen LogP contribution in [-0.4, -0.2) is 26.4 Å². The predicted octanol–water partition coefficient (Wildman–Crippen LogP) is 9.51. The maximum Gasteiger partial charge on any atom is 0.261 e. The Bertz CT molecular complexity index is 1290. The van der Waals surface area contributed by atoms with E-state index in [2.05, 4.69) is 160 Å². The first-order valence-electron chi connectivity index (χ1n) is 15.1. The van der Waals surface area contributed by atoms with E-state index in [9.17, 15) is 0 Å². The highest BCUT2D eigenvalue weighted by molar-refractivity contribution is 8.18. The Morgan fingerprint density at radius 2 is 1.15 bits per heavy atom. The second-order valence-electron chi connectivity index (χ2n) is 12.1.